The first-order chi connectivity index (χ1) is 14.4. The number of carbonyl (C=O) groups is 1. The Labute approximate surface area is 172 Å². The van der Waals surface area contributed by atoms with Gasteiger partial charge in [-0.15, -0.1) is 0 Å². The molecule has 0 spiro atoms. The molecule has 1 heterocycles. The Balaban J connectivity index is 1.52. The van der Waals surface area contributed by atoms with E-state index in [0.29, 0.717) is 11.3 Å². The van der Waals surface area contributed by atoms with Gasteiger partial charge in [0.05, 0.1) is 18.8 Å². The molecule has 30 heavy (non-hydrogen) atoms. The number of ether oxygens (including phenoxy) is 3. The van der Waals surface area contributed by atoms with Crippen LogP contribution in [0.5, 0.6) is 11.5 Å². The highest BCUT2D eigenvalue weighted by atomic mass is 16.7. The summed E-state index contributed by atoms with van der Waals surface area (Å²) < 4.78 is 16.0. The second-order valence-corrected chi connectivity index (χ2v) is 6.79. The summed E-state index contributed by atoms with van der Waals surface area (Å²) in [6.07, 6.45) is -6.77. The van der Waals surface area contributed by atoms with Gasteiger partial charge in [0.1, 0.15) is 42.5 Å². The highest BCUT2D eigenvalue weighted by Gasteiger charge is 2.43. The highest BCUT2D eigenvalue weighted by molar-refractivity contribution is 6.10. The van der Waals surface area contributed by atoms with Gasteiger partial charge in [-0.3, -0.25) is 4.79 Å². The van der Waals surface area contributed by atoms with Crippen molar-refractivity contribution in [2.24, 2.45) is 0 Å². The summed E-state index contributed by atoms with van der Waals surface area (Å²) in [7, 11) is 0. The van der Waals surface area contributed by atoms with Crippen LogP contribution in [-0.2, 0) is 9.47 Å². The Morgan fingerprint density at radius 1 is 0.967 bits per heavy atom. The van der Waals surface area contributed by atoms with Gasteiger partial charge in [0.25, 0.3) is 0 Å². The molecule has 1 fully saturated rings. The zero-order chi connectivity index (χ0) is 21.7. The zero-order valence-corrected chi connectivity index (χ0v) is 16.0. The lowest BCUT2D eigenvalue weighted by molar-refractivity contribution is -0.301. The molecule has 1 aliphatic rings. The first-order valence-corrected chi connectivity index (χ1v) is 9.40. The largest absolute Gasteiger partial charge is 0.507 e. The van der Waals surface area contributed by atoms with E-state index < -0.39 is 37.3 Å². The van der Waals surface area contributed by atoms with Gasteiger partial charge in [-0.05, 0) is 12.1 Å². The molecular formula is C21H24O9. The summed E-state index contributed by atoms with van der Waals surface area (Å²) in [5, 5.41) is 48.7. The molecule has 5 atom stereocenters. The van der Waals surface area contributed by atoms with Crippen molar-refractivity contribution in [2.45, 2.75) is 30.7 Å². The molecule has 0 amide bonds. The summed E-state index contributed by atoms with van der Waals surface area (Å²) in [6.45, 7) is -0.580. The highest BCUT2D eigenvalue weighted by Crippen LogP contribution is 2.26. The van der Waals surface area contributed by atoms with Crippen LogP contribution in [0.15, 0.2) is 48.5 Å². The van der Waals surface area contributed by atoms with Crippen molar-refractivity contribution in [1.29, 1.82) is 0 Å². The first kappa shape index (κ1) is 22.2. The third-order valence-corrected chi connectivity index (χ3v) is 4.73. The number of rotatable bonds is 8. The smallest absolute Gasteiger partial charge is 0.196 e. The maximum absolute atomic E-state index is 12.4. The molecule has 162 valence electrons. The van der Waals surface area contributed by atoms with Crippen molar-refractivity contribution in [3.63, 3.8) is 0 Å². The molecule has 9 nitrogen and oxygen atoms in total. The van der Waals surface area contributed by atoms with Crippen molar-refractivity contribution < 1.29 is 44.5 Å². The summed E-state index contributed by atoms with van der Waals surface area (Å²) in [5.41, 5.74) is 0.598. The minimum atomic E-state index is -1.52. The third-order valence-electron chi connectivity index (χ3n) is 4.73. The maximum atomic E-state index is 12.4. The Morgan fingerprint density at radius 2 is 1.70 bits per heavy atom. The predicted molar refractivity (Wildman–Crippen MR) is 103 cm³/mol. The fourth-order valence-corrected chi connectivity index (χ4v) is 3.07. The average Bonchev–Trinajstić information content (AvgIpc) is 2.76. The maximum Gasteiger partial charge on any atom is 0.196 e. The molecule has 0 unspecified atom stereocenters. The first-order valence-electron chi connectivity index (χ1n) is 9.40. The number of carbonyl (C=O) groups excluding carboxylic acids is 1. The van der Waals surface area contributed by atoms with Crippen LogP contribution >= 0.6 is 0 Å². The average molecular weight is 420 g/mol. The molecule has 2 aromatic rings. The van der Waals surface area contributed by atoms with Gasteiger partial charge in [-0.1, -0.05) is 30.3 Å². The topological polar surface area (TPSA) is 146 Å². The fraction of sp³-hybridized carbons (Fsp3) is 0.381. The van der Waals surface area contributed by atoms with Gasteiger partial charge in [0, 0.05) is 11.6 Å². The van der Waals surface area contributed by atoms with E-state index in [4.69, 9.17) is 19.3 Å². The van der Waals surface area contributed by atoms with Crippen LogP contribution in [0.3, 0.4) is 0 Å². The summed E-state index contributed by atoms with van der Waals surface area (Å²) in [6, 6.07) is 12.9. The van der Waals surface area contributed by atoms with Gasteiger partial charge in [-0.25, -0.2) is 0 Å². The molecule has 0 aliphatic carbocycles. The minimum absolute atomic E-state index is 0.0143. The van der Waals surface area contributed by atoms with E-state index in [2.05, 4.69) is 0 Å². The van der Waals surface area contributed by atoms with Crippen LogP contribution in [0.2, 0.25) is 0 Å². The van der Waals surface area contributed by atoms with Gasteiger partial charge in [0.15, 0.2) is 12.1 Å². The second kappa shape index (κ2) is 9.98. The predicted octanol–water partition coefficient (Wildman–Crippen LogP) is -0.182. The van der Waals surface area contributed by atoms with Crippen molar-refractivity contribution >= 4 is 5.78 Å². The van der Waals surface area contributed by atoms with Crippen molar-refractivity contribution in [3.8, 4) is 11.5 Å². The Bertz CT molecular complexity index is 840. The SMILES string of the molecule is O=C(c1ccccc1)c1ccc(OCCO[C@@H]2O[C@H](CO)[C@@H](O)[C@H](O)[C@H]2O)cc1O. The number of aromatic hydroxyl groups is 1. The molecule has 9 heteroatoms. The summed E-state index contributed by atoms with van der Waals surface area (Å²) >= 11 is 0. The normalized spacial score (nSPS) is 26.3. The summed E-state index contributed by atoms with van der Waals surface area (Å²) in [4.78, 5) is 12.4. The Kier molecular flexibility index (Phi) is 7.38. The van der Waals surface area contributed by atoms with Crippen LogP contribution in [-0.4, -0.2) is 81.8 Å². The van der Waals surface area contributed by atoms with Gasteiger partial charge >= 0.3 is 0 Å². The zero-order valence-electron chi connectivity index (χ0n) is 16.0. The van der Waals surface area contributed by atoms with E-state index >= 15 is 0 Å². The monoisotopic (exact) mass is 420 g/mol. The molecule has 3 rings (SSSR count). The van der Waals surface area contributed by atoms with E-state index in [1.807, 2.05) is 0 Å². The van der Waals surface area contributed by atoms with Crippen molar-refractivity contribution in [2.75, 3.05) is 19.8 Å². The Morgan fingerprint density at radius 3 is 2.37 bits per heavy atom. The van der Waals surface area contributed by atoms with Crippen LogP contribution in [0.4, 0.5) is 0 Å². The molecule has 5 N–H and O–H groups in total. The molecular weight excluding hydrogens is 396 g/mol. The molecule has 0 bridgehead atoms. The lowest BCUT2D eigenvalue weighted by Crippen LogP contribution is -2.59. The third kappa shape index (κ3) is 4.96. The molecule has 2 aromatic carbocycles. The molecule has 1 saturated heterocycles. The molecule has 0 radical (unpaired) electrons. The van der Waals surface area contributed by atoms with Crippen LogP contribution in [0.25, 0.3) is 0 Å². The second-order valence-electron chi connectivity index (χ2n) is 6.79. The minimum Gasteiger partial charge on any atom is -0.507 e. The molecule has 0 aromatic heterocycles. The van der Waals surface area contributed by atoms with E-state index in [0.717, 1.165) is 0 Å². The molecule has 0 saturated carbocycles. The number of aliphatic hydroxyl groups excluding tert-OH is 4. The standard InChI is InChI=1S/C21H24O9/c22-11-16-18(25)19(26)20(27)21(30-16)29-9-8-28-13-6-7-14(15(23)10-13)17(24)12-4-2-1-3-5-12/h1-7,10,16,18-23,25-27H,8-9,11H2/t16-,18-,19+,20-,21-/m1/s1. The number of hydrogen-bond acceptors (Lipinski definition) is 9. The van der Waals surface area contributed by atoms with E-state index in [1.54, 1.807) is 30.3 Å². The van der Waals surface area contributed by atoms with Crippen molar-refractivity contribution in [1.82, 2.24) is 0 Å². The van der Waals surface area contributed by atoms with Gasteiger partial charge in [-0.2, -0.15) is 0 Å². The number of phenols is 1. The van der Waals surface area contributed by atoms with E-state index in [-0.39, 0.29) is 30.3 Å². The summed E-state index contributed by atoms with van der Waals surface area (Å²) in [5.74, 6) is -0.240. The number of hydrogen-bond donors (Lipinski definition) is 5. The van der Waals surface area contributed by atoms with Gasteiger partial charge < -0.3 is 39.7 Å². The fourth-order valence-electron chi connectivity index (χ4n) is 3.07. The van der Waals surface area contributed by atoms with Crippen molar-refractivity contribution in [3.05, 3.63) is 59.7 Å². The Hall–Kier alpha value is -2.53. The number of benzene rings is 2. The lowest BCUT2D eigenvalue weighted by atomic mass is 9.99. The van der Waals surface area contributed by atoms with E-state index in [1.165, 1.54) is 18.2 Å². The number of ketones is 1. The van der Waals surface area contributed by atoms with Crippen LogP contribution in [0, 0.1) is 0 Å². The lowest BCUT2D eigenvalue weighted by Gasteiger charge is -2.39. The van der Waals surface area contributed by atoms with E-state index in [9.17, 15) is 25.2 Å². The van der Waals surface area contributed by atoms with Crippen LogP contribution < -0.4 is 4.74 Å². The number of aliphatic hydroxyl groups is 4. The molecule has 1 aliphatic heterocycles. The van der Waals surface area contributed by atoms with Gasteiger partial charge in [0.2, 0.25) is 0 Å². The number of phenolic OH excluding ortho intramolecular Hbond substituents is 1. The quantitative estimate of drug-likeness (QED) is 0.290. The van der Waals surface area contributed by atoms with Crippen LogP contribution in [0.1, 0.15) is 15.9 Å².